The van der Waals surface area contributed by atoms with Gasteiger partial charge in [0.15, 0.2) is 5.78 Å². The molecule has 5 rings (SSSR count). The second-order valence-electron chi connectivity index (χ2n) is 10.8. The highest BCUT2D eigenvalue weighted by molar-refractivity contribution is 6.30. The predicted molar refractivity (Wildman–Crippen MR) is 147 cm³/mol. The summed E-state index contributed by atoms with van der Waals surface area (Å²) < 4.78 is 26.3. The van der Waals surface area contributed by atoms with E-state index in [-0.39, 0.29) is 29.4 Å². The van der Waals surface area contributed by atoms with Crippen LogP contribution in [0, 0.1) is 11.2 Å². The first-order valence-electron chi connectivity index (χ1n) is 13.1. The van der Waals surface area contributed by atoms with Crippen molar-refractivity contribution < 1.29 is 23.5 Å². The lowest BCUT2D eigenvalue weighted by Gasteiger charge is -2.39. The highest BCUT2D eigenvalue weighted by Gasteiger charge is 2.43. The summed E-state index contributed by atoms with van der Waals surface area (Å²) in [7, 11) is 0. The van der Waals surface area contributed by atoms with E-state index in [2.05, 4.69) is 29.5 Å². The fourth-order valence-corrected chi connectivity index (χ4v) is 5.46. The molecule has 1 aromatic heterocycles. The molecule has 2 aliphatic rings. The zero-order valence-electron chi connectivity index (χ0n) is 22.8. The lowest BCUT2D eigenvalue weighted by molar-refractivity contribution is -0.138. The molecular formula is C30H30ClFN4O4. The summed E-state index contributed by atoms with van der Waals surface area (Å²) in [5.74, 6) is -0.862. The van der Waals surface area contributed by atoms with Crippen LogP contribution in [0.5, 0.6) is 5.75 Å². The molecule has 1 atom stereocenters. The molecule has 0 bridgehead atoms. The number of rotatable bonds is 7. The Labute approximate surface area is 236 Å². The van der Waals surface area contributed by atoms with E-state index in [1.165, 1.54) is 16.8 Å². The van der Waals surface area contributed by atoms with Crippen molar-refractivity contribution in [1.29, 1.82) is 0 Å². The first-order valence-corrected chi connectivity index (χ1v) is 13.4. The first-order chi connectivity index (χ1) is 19.1. The topological polar surface area (TPSA) is 95.3 Å². The van der Waals surface area contributed by atoms with Gasteiger partial charge in [0.05, 0.1) is 29.1 Å². The standard InChI is InChI=1S/C30H30ClFN4O4/c1-5-39-29(38)26-17(2)33-24-13-30(3,4)14-25(37)28(24)27(26)18-6-9-21(10-7-18)40-16-19-15-36(35-34-19)20-8-11-23(32)22(31)12-20/h6-12,15,27,33H,5,13-14,16H2,1-4H3. The van der Waals surface area contributed by atoms with Gasteiger partial charge in [-0.2, -0.15) is 0 Å². The van der Waals surface area contributed by atoms with Crippen LogP contribution in [0.1, 0.15) is 57.7 Å². The molecule has 2 heterocycles. The van der Waals surface area contributed by atoms with Crippen LogP contribution in [0.15, 0.2) is 71.2 Å². The van der Waals surface area contributed by atoms with Crippen LogP contribution in [0.25, 0.3) is 5.69 Å². The molecule has 1 unspecified atom stereocenters. The third kappa shape index (κ3) is 5.51. The quantitative estimate of drug-likeness (QED) is 0.362. The minimum absolute atomic E-state index is 0.00249. The van der Waals surface area contributed by atoms with Gasteiger partial charge in [-0.3, -0.25) is 4.79 Å². The Morgan fingerprint density at radius 3 is 2.65 bits per heavy atom. The molecule has 40 heavy (non-hydrogen) atoms. The SMILES string of the molecule is CCOC(=O)C1=C(C)NC2=C(C(=O)CC(C)(C)C2)C1c1ccc(OCc2cn(-c3ccc(F)c(Cl)c3)nn2)cc1. The highest BCUT2D eigenvalue weighted by Crippen LogP contribution is 2.47. The Bertz CT molecular complexity index is 1540. The number of Topliss-reactive ketones (excluding diaryl/α,β-unsaturated/α-hetero) is 1. The second-order valence-corrected chi connectivity index (χ2v) is 11.2. The van der Waals surface area contributed by atoms with Crippen molar-refractivity contribution in [3.8, 4) is 11.4 Å². The summed E-state index contributed by atoms with van der Waals surface area (Å²) in [6.07, 6.45) is 2.80. The average molecular weight is 565 g/mol. The van der Waals surface area contributed by atoms with Crippen molar-refractivity contribution in [2.45, 2.75) is 53.1 Å². The van der Waals surface area contributed by atoms with Gasteiger partial charge >= 0.3 is 5.97 Å². The van der Waals surface area contributed by atoms with Crippen LogP contribution in [0.3, 0.4) is 0 Å². The van der Waals surface area contributed by atoms with Gasteiger partial charge in [-0.05, 0) is 61.6 Å². The number of hydrogen-bond donors (Lipinski definition) is 1. The fraction of sp³-hybridized carbons (Fsp3) is 0.333. The molecule has 0 fully saturated rings. The molecule has 2 aromatic carbocycles. The number of ether oxygens (including phenoxy) is 2. The Balaban J connectivity index is 1.37. The van der Waals surface area contributed by atoms with E-state index in [4.69, 9.17) is 21.1 Å². The lowest BCUT2D eigenvalue weighted by Crippen LogP contribution is -2.38. The van der Waals surface area contributed by atoms with Gasteiger partial charge in [0.1, 0.15) is 23.9 Å². The van der Waals surface area contributed by atoms with Gasteiger partial charge in [0.2, 0.25) is 0 Å². The minimum Gasteiger partial charge on any atom is -0.487 e. The van der Waals surface area contributed by atoms with Crippen LogP contribution in [0.2, 0.25) is 5.02 Å². The number of dihydropyridines is 1. The van der Waals surface area contributed by atoms with E-state index in [1.807, 2.05) is 19.1 Å². The van der Waals surface area contributed by atoms with E-state index < -0.39 is 17.7 Å². The molecule has 0 saturated carbocycles. The number of ketones is 1. The minimum atomic E-state index is -0.532. The summed E-state index contributed by atoms with van der Waals surface area (Å²) in [5.41, 5.74) is 4.40. The maximum absolute atomic E-state index is 13.5. The normalized spacial score (nSPS) is 18.4. The zero-order chi connectivity index (χ0) is 28.6. The number of aromatic nitrogens is 3. The lowest BCUT2D eigenvalue weighted by atomic mass is 9.68. The van der Waals surface area contributed by atoms with Crippen LogP contribution in [-0.4, -0.2) is 33.4 Å². The monoisotopic (exact) mass is 564 g/mol. The van der Waals surface area contributed by atoms with Crippen molar-refractivity contribution in [3.63, 3.8) is 0 Å². The molecule has 1 aliphatic heterocycles. The Morgan fingerprint density at radius 2 is 1.95 bits per heavy atom. The maximum atomic E-state index is 13.5. The molecule has 0 saturated heterocycles. The van der Waals surface area contributed by atoms with Crippen LogP contribution in [0.4, 0.5) is 4.39 Å². The van der Waals surface area contributed by atoms with E-state index in [0.717, 1.165) is 11.3 Å². The molecule has 0 spiro atoms. The molecule has 10 heteroatoms. The average Bonchev–Trinajstić information content (AvgIpc) is 3.37. The number of allylic oxidation sites excluding steroid dienone is 3. The third-order valence-corrected chi connectivity index (χ3v) is 7.33. The van der Waals surface area contributed by atoms with Crippen molar-refractivity contribution >= 4 is 23.4 Å². The van der Waals surface area contributed by atoms with Crippen molar-refractivity contribution in [2.75, 3.05) is 6.61 Å². The molecular weight excluding hydrogens is 535 g/mol. The summed E-state index contributed by atoms with van der Waals surface area (Å²) in [6.45, 7) is 8.14. The van der Waals surface area contributed by atoms with Gasteiger partial charge in [-0.1, -0.05) is 42.8 Å². The molecule has 3 aromatic rings. The van der Waals surface area contributed by atoms with Gasteiger partial charge in [0.25, 0.3) is 0 Å². The van der Waals surface area contributed by atoms with Crippen molar-refractivity contribution in [2.24, 2.45) is 5.41 Å². The van der Waals surface area contributed by atoms with E-state index in [0.29, 0.717) is 46.8 Å². The van der Waals surface area contributed by atoms with Gasteiger partial charge in [-0.25, -0.2) is 13.9 Å². The third-order valence-electron chi connectivity index (χ3n) is 7.04. The Morgan fingerprint density at radius 1 is 1.20 bits per heavy atom. The first kappa shape index (κ1) is 27.6. The number of carbonyl (C=O) groups is 2. The predicted octanol–water partition coefficient (Wildman–Crippen LogP) is 5.81. The number of nitrogens with zero attached hydrogens (tertiary/aromatic N) is 3. The molecule has 1 N–H and O–H groups in total. The van der Waals surface area contributed by atoms with Crippen LogP contribution < -0.4 is 10.1 Å². The van der Waals surface area contributed by atoms with E-state index in [9.17, 15) is 14.0 Å². The second kappa shape index (κ2) is 10.9. The van der Waals surface area contributed by atoms with Crippen LogP contribution >= 0.6 is 11.6 Å². The van der Waals surface area contributed by atoms with Gasteiger partial charge < -0.3 is 14.8 Å². The Kier molecular flexibility index (Phi) is 7.51. The summed E-state index contributed by atoms with van der Waals surface area (Å²) >= 11 is 5.87. The maximum Gasteiger partial charge on any atom is 0.336 e. The van der Waals surface area contributed by atoms with E-state index >= 15 is 0 Å². The van der Waals surface area contributed by atoms with Gasteiger partial charge in [0, 0.05) is 29.3 Å². The zero-order valence-corrected chi connectivity index (χ0v) is 23.5. The molecule has 0 radical (unpaired) electrons. The number of benzene rings is 2. The van der Waals surface area contributed by atoms with Crippen molar-refractivity contribution in [1.82, 2.24) is 20.3 Å². The molecule has 0 amide bonds. The summed E-state index contributed by atoms with van der Waals surface area (Å²) in [5, 5.41) is 11.5. The van der Waals surface area contributed by atoms with Crippen molar-refractivity contribution in [3.05, 3.63) is 93.3 Å². The fourth-order valence-electron chi connectivity index (χ4n) is 5.28. The summed E-state index contributed by atoms with van der Waals surface area (Å²) in [6, 6.07) is 11.6. The Hall–Kier alpha value is -3.98. The molecule has 208 valence electrons. The number of halogens is 2. The number of carbonyl (C=O) groups excluding carboxylic acids is 2. The number of nitrogens with one attached hydrogen (secondary N) is 1. The smallest absolute Gasteiger partial charge is 0.336 e. The van der Waals surface area contributed by atoms with E-state index in [1.54, 1.807) is 31.3 Å². The number of esters is 1. The largest absolute Gasteiger partial charge is 0.487 e. The summed E-state index contributed by atoms with van der Waals surface area (Å²) in [4.78, 5) is 26.4. The van der Waals surface area contributed by atoms with Gasteiger partial charge in [-0.15, -0.1) is 5.10 Å². The molecule has 8 nitrogen and oxygen atoms in total. The highest BCUT2D eigenvalue weighted by atomic mass is 35.5. The molecule has 1 aliphatic carbocycles. The number of hydrogen-bond acceptors (Lipinski definition) is 7. The van der Waals surface area contributed by atoms with Crippen LogP contribution in [-0.2, 0) is 20.9 Å².